The molecule has 0 atom stereocenters. The number of hydrogen-bond donors (Lipinski definition) is 1. The third-order valence-electron chi connectivity index (χ3n) is 5.32. The fourth-order valence-electron chi connectivity index (χ4n) is 3.68. The fourth-order valence-corrected chi connectivity index (χ4v) is 4.51. The Morgan fingerprint density at radius 1 is 0.971 bits per heavy atom. The molecule has 0 unspecified atom stereocenters. The van der Waals surface area contributed by atoms with Gasteiger partial charge in [0.15, 0.2) is 11.3 Å². The minimum atomic E-state index is -0.836. The highest BCUT2D eigenvalue weighted by Gasteiger charge is 2.23. The van der Waals surface area contributed by atoms with Gasteiger partial charge in [0.25, 0.3) is 5.56 Å². The maximum atomic E-state index is 13.6. The fraction of sp³-hybridized carbons (Fsp3) is 0.0800. The zero-order valence-electron chi connectivity index (χ0n) is 17.7. The molecular formula is C25H16F2N2O4S. The van der Waals surface area contributed by atoms with Crippen molar-refractivity contribution in [3.05, 3.63) is 104 Å². The summed E-state index contributed by atoms with van der Waals surface area (Å²) >= 11 is 0.864. The molecule has 0 saturated carbocycles. The highest BCUT2D eigenvalue weighted by molar-refractivity contribution is 7.99. The number of nitrogens with zero attached hydrogens (tertiary/aromatic N) is 2. The van der Waals surface area contributed by atoms with Crippen LogP contribution in [0.15, 0.2) is 84.5 Å². The van der Waals surface area contributed by atoms with Gasteiger partial charge in [-0.3, -0.25) is 9.36 Å². The monoisotopic (exact) mass is 478 g/mol. The molecule has 0 aliphatic rings. The van der Waals surface area contributed by atoms with Gasteiger partial charge in [0, 0.05) is 10.6 Å². The first kappa shape index (κ1) is 21.8. The second-order valence-corrected chi connectivity index (χ2v) is 8.75. The van der Waals surface area contributed by atoms with E-state index < -0.39 is 28.6 Å². The van der Waals surface area contributed by atoms with Crippen molar-refractivity contribution in [2.45, 2.75) is 23.3 Å². The first-order chi connectivity index (χ1) is 16.3. The molecule has 1 N–H and O–H groups in total. The van der Waals surface area contributed by atoms with Gasteiger partial charge in [-0.15, -0.1) is 0 Å². The quantitative estimate of drug-likeness (QED) is 0.366. The van der Waals surface area contributed by atoms with Crippen molar-refractivity contribution in [3.8, 4) is 5.75 Å². The second kappa shape index (κ2) is 8.42. The number of fused-ring (bicyclic) bond motifs is 3. The van der Waals surface area contributed by atoms with Crippen LogP contribution in [0.4, 0.5) is 8.78 Å². The van der Waals surface area contributed by atoms with Gasteiger partial charge < -0.3 is 9.52 Å². The predicted octanol–water partition coefficient (Wildman–Crippen LogP) is 4.99. The molecule has 0 aliphatic carbocycles. The maximum Gasteiger partial charge on any atom is 0.354 e. The van der Waals surface area contributed by atoms with Crippen molar-refractivity contribution in [2.24, 2.45) is 0 Å². The molecule has 5 aromatic rings. The van der Waals surface area contributed by atoms with Crippen LogP contribution < -0.4 is 11.2 Å². The summed E-state index contributed by atoms with van der Waals surface area (Å²) in [5, 5.41) is 11.2. The van der Waals surface area contributed by atoms with E-state index in [1.54, 1.807) is 31.2 Å². The lowest BCUT2D eigenvalue weighted by Gasteiger charge is -2.14. The van der Waals surface area contributed by atoms with Crippen LogP contribution in [0.3, 0.4) is 0 Å². The molecule has 0 aliphatic heterocycles. The summed E-state index contributed by atoms with van der Waals surface area (Å²) in [5.74, 6) is -1.38. The van der Waals surface area contributed by atoms with E-state index in [-0.39, 0.29) is 28.1 Å². The van der Waals surface area contributed by atoms with Gasteiger partial charge in [-0.25, -0.2) is 18.6 Å². The Labute approximate surface area is 195 Å². The van der Waals surface area contributed by atoms with Crippen molar-refractivity contribution < 1.29 is 18.3 Å². The van der Waals surface area contributed by atoms with Crippen LogP contribution in [-0.2, 0) is 6.54 Å². The molecule has 0 saturated heterocycles. The van der Waals surface area contributed by atoms with E-state index in [0.29, 0.717) is 21.5 Å². The number of aryl methyl sites for hydroxylation is 1. The van der Waals surface area contributed by atoms with Gasteiger partial charge in [-0.05, 0) is 61.0 Å². The summed E-state index contributed by atoms with van der Waals surface area (Å²) in [4.78, 5) is 31.1. The summed E-state index contributed by atoms with van der Waals surface area (Å²) in [7, 11) is 0. The van der Waals surface area contributed by atoms with Crippen molar-refractivity contribution in [2.75, 3.05) is 0 Å². The van der Waals surface area contributed by atoms with Crippen molar-refractivity contribution in [3.63, 3.8) is 0 Å². The van der Waals surface area contributed by atoms with Gasteiger partial charge in [-0.1, -0.05) is 23.9 Å². The average molecular weight is 478 g/mol. The summed E-state index contributed by atoms with van der Waals surface area (Å²) in [5.41, 5.74) is 0.0144. The van der Waals surface area contributed by atoms with Gasteiger partial charge in [-0.2, -0.15) is 0 Å². The van der Waals surface area contributed by atoms with Gasteiger partial charge in [0.1, 0.15) is 27.6 Å². The lowest BCUT2D eigenvalue weighted by Crippen LogP contribution is -2.23. The molecule has 34 heavy (non-hydrogen) atoms. The molecule has 0 bridgehead atoms. The predicted molar refractivity (Wildman–Crippen MR) is 124 cm³/mol. The Balaban J connectivity index is 1.78. The molecule has 3 heterocycles. The zero-order chi connectivity index (χ0) is 24.0. The van der Waals surface area contributed by atoms with Gasteiger partial charge in [0.2, 0.25) is 0 Å². The lowest BCUT2D eigenvalue weighted by molar-refractivity contribution is 0.446. The van der Waals surface area contributed by atoms with E-state index in [1.165, 1.54) is 41.0 Å². The van der Waals surface area contributed by atoms with Crippen LogP contribution in [0.2, 0.25) is 0 Å². The zero-order valence-corrected chi connectivity index (χ0v) is 18.5. The van der Waals surface area contributed by atoms with Crippen LogP contribution in [-0.4, -0.2) is 14.7 Å². The Bertz CT molecular complexity index is 1680. The Morgan fingerprint density at radius 2 is 1.62 bits per heavy atom. The molecule has 5 rings (SSSR count). The Hall–Kier alpha value is -3.98. The topological polar surface area (TPSA) is 85.3 Å². The van der Waals surface area contributed by atoms with E-state index in [9.17, 15) is 23.5 Å². The number of rotatable bonds is 4. The van der Waals surface area contributed by atoms with E-state index >= 15 is 0 Å². The van der Waals surface area contributed by atoms with Crippen LogP contribution in [0.1, 0.15) is 11.3 Å². The SMILES string of the molecule is Cc1ccc2c3oc(=O)c(Sc4ccc(F)cc4)c(O)c3c(=O)n(Cc3ccc(F)cc3)c2n1. The molecule has 2 aromatic carbocycles. The molecule has 170 valence electrons. The third kappa shape index (κ3) is 3.84. The molecule has 9 heteroatoms. The minimum Gasteiger partial charge on any atom is -0.505 e. The Morgan fingerprint density at radius 3 is 2.29 bits per heavy atom. The van der Waals surface area contributed by atoms with Crippen molar-refractivity contribution >= 4 is 33.8 Å². The molecule has 3 aromatic heterocycles. The van der Waals surface area contributed by atoms with E-state index in [0.717, 1.165) is 11.8 Å². The number of aromatic nitrogens is 2. The molecule has 0 radical (unpaired) electrons. The van der Waals surface area contributed by atoms with E-state index in [4.69, 9.17) is 4.42 Å². The minimum absolute atomic E-state index is 0.0566. The molecular weight excluding hydrogens is 462 g/mol. The first-order valence-corrected chi connectivity index (χ1v) is 11.0. The molecule has 0 fully saturated rings. The number of aromatic hydroxyl groups is 1. The van der Waals surface area contributed by atoms with Crippen molar-refractivity contribution in [1.29, 1.82) is 0 Å². The van der Waals surface area contributed by atoms with Gasteiger partial charge >= 0.3 is 5.63 Å². The average Bonchev–Trinajstić information content (AvgIpc) is 2.81. The molecule has 6 nitrogen and oxygen atoms in total. The highest BCUT2D eigenvalue weighted by Crippen LogP contribution is 2.37. The summed E-state index contributed by atoms with van der Waals surface area (Å²) in [6, 6.07) is 14.4. The number of halogens is 2. The van der Waals surface area contributed by atoms with E-state index in [1.807, 2.05) is 0 Å². The van der Waals surface area contributed by atoms with Crippen LogP contribution in [0, 0.1) is 18.6 Å². The summed E-state index contributed by atoms with van der Waals surface area (Å²) < 4.78 is 33.5. The molecule has 0 spiro atoms. The normalized spacial score (nSPS) is 11.4. The highest BCUT2D eigenvalue weighted by atomic mass is 32.2. The summed E-state index contributed by atoms with van der Waals surface area (Å²) in [6.45, 7) is 1.81. The maximum absolute atomic E-state index is 13.6. The van der Waals surface area contributed by atoms with Crippen molar-refractivity contribution in [1.82, 2.24) is 9.55 Å². The standard InChI is InChI=1S/C25H16F2N2O4S/c1-13-2-11-18-21-19(20(30)22(25(32)33-21)34-17-9-7-16(27)8-10-17)24(31)29(23(18)28-13)12-14-3-5-15(26)6-4-14/h2-11,30H,12H2,1H3. The third-order valence-corrected chi connectivity index (χ3v) is 6.39. The van der Waals surface area contributed by atoms with Crippen LogP contribution in [0.5, 0.6) is 5.75 Å². The first-order valence-electron chi connectivity index (χ1n) is 10.2. The number of benzene rings is 2. The summed E-state index contributed by atoms with van der Waals surface area (Å²) in [6.07, 6.45) is 0. The van der Waals surface area contributed by atoms with Crippen LogP contribution in [0.25, 0.3) is 22.0 Å². The Kier molecular flexibility index (Phi) is 5.41. The number of hydrogen-bond acceptors (Lipinski definition) is 6. The van der Waals surface area contributed by atoms with Crippen LogP contribution >= 0.6 is 11.8 Å². The lowest BCUT2D eigenvalue weighted by atomic mass is 10.1. The second-order valence-electron chi connectivity index (χ2n) is 7.67. The largest absolute Gasteiger partial charge is 0.505 e. The van der Waals surface area contributed by atoms with Gasteiger partial charge in [0.05, 0.1) is 11.9 Å². The number of pyridine rings is 2. The molecule has 0 amide bonds. The van der Waals surface area contributed by atoms with E-state index in [2.05, 4.69) is 4.98 Å². The smallest absolute Gasteiger partial charge is 0.354 e.